The monoisotopic (exact) mass is 507 g/mol. The topological polar surface area (TPSA) is 100 Å². The van der Waals surface area contributed by atoms with Gasteiger partial charge in [0.15, 0.2) is 18.1 Å². The molecule has 0 aromatic heterocycles. The third-order valence-corrected chi connectivity index (χ3v) is 5.04. The first-order chi connectivity index (χ1) is 17.3. The maximum absolute atomic E-state index is 13.0. The van der Waals surface area contributed by atoms with Gasteiger partial charge in [-0.25, -0.2) is 4.39 Å². The van der Waals surface area contributed by atoms with Crippen molar-refractivity contribution in [3.05, 3.63) is 88.2 Å². The Labute approximate surface area is 213 Å². The summed E-state index contributed by atoms with van der Waals surface area (Å²) in [7, 11) is 0. The Morgan fingerprint density at radius 2 is 1.81 bits per heavy atom. The van der Waals surface area contributed by atoms with Crippen molar-refractivity contribution in [3.63, 3.8) is 0 Å². The summed E-state index contributed by atoms with van der Waals surface area (Å²) >= 11 is 6.39. The van der Waals surface area contributed by atoms with Gasteiger partial charge < -0.3 is 20.1 Å². The molecule has 0 spiro atoms. The van der Waals surface area contributed by atoms with Gasteiger partial charge in [-0.1, -0.05) is 23.7 Å². The minimum atomic E-state index is -0.574. The van der Waals surface area contributed by atoms with E-state index in [0.29, 0.717) is 16.9 Å². The van der Waals surface area contributed by atoms with Crippen LogP contribution >= 0.6 is 11.6 Å². The predicted molar refractivity (Wildman–Crippen MR) is 137 cm³/mol. The number of carbonyl (C=O) groups excluding carboxylic acids is 2. The lowest BCUT2D eigenvalue weighted by Crippen LogP contribution is -2.20. The Balaban J connectivity index is 1.76. The molecule has 0 fully saturated rings. The molecule has 0 aliphatic rings. The molecule has 36 heavy (non-hydrogen) atoms. The molecule has 3 aromatic carbocycles. The number of nitriles is 1. The summed E-state index contributed by atoms with van der Waals surface area (Å²) in [6.45, 7) is 3.55. The smallest absolute Gasteiger partial charge is 0.266 e. The molecule has 0 bridgehead atoms. The third kappa shape index (κ3) is 7.32. The molecule has 0 saturated heterocycles. The van der Waals surface area contributed by atoms with E-state index in [0.717, 1.165) is 5.56 Å². The van der Waals surface area contributed by atoms with E-state index in [-0.39, 0.29) is 35.3 Å². The van der Waals surface area contributed by atoms with E-state index >= 15 is 0 Å². The van der Waals surface area contributed by atoms with Crippen molar-refractivity contribution in [2.24, 2.45) is 0 Å². The molecule has 0 radical (unpaired) electrons. The first-order valence-corrected chi connectivity index (χ1v) is 11.3. The zero-order valence-corrected chi connectivity index (χ0v) is 20.4. The second kappa shape index (κ2) is 12.4. The van der Waals surface area contributed by atoms with Crippen molar-refractivity contribution in [1.82, 2.24) is 0 Å². The molecule has 2 amide bonds. The Hall–Kier alpha value is -4.35. The number of ether oxygens (including phenoxy) is 2. The lowest BCUT2D eigenvalue weighted by molar-refractivity contribution is -0.118. The SMILES string of the molecule is CCOc1cc(/C=C(\C#N)C(=O)Nc2cccc(C)c2)cc(Cl)c1OCC(=O)Nc1ccc(F)cc1. The van der Waals surface area contributed by atoms with Crippen LogP contribution in [0.15, 0.2) is 66.2 Å². The van der Waals surface area contributed by atoms with Gasteiger partial charge in [0.05, 0.1) is 11.6 Å². The van der Waals surface area contributed by atoms with E-state index in [9.17, 15) is 19.2 Å². The summed E-state index contributed by atoms with van der Waals surface area (Å²) < 4.78 is 24.2. The summed E-state index contributed by atoms with van der Waals surface area (Å²) in [5, 5.41) is 14.9. The van der Waals surface area contributed by atoms with Crippen LogP contribution in [-0.4, -0.2) is 25.0 Å². The molecule has 3 rings (SSSR count). The second-order valence-electron chi connectivity index (χ2n) is 7.60. The molecule has 0 aliphatic heterocycles. The van der Waals surface area contributed by atoms with Gasteiger partial charge >= 0.3 is 0 Å². The molecule has 2 N–H and O–H groups in total. The number of carbonyl (C=O) groups is 2. The van der Waals surface area contributed by atoms with E-state index in [4.69, 9.17) is 21.1 Å². The Morgan fingerprint density at radius 3 is 2.47 bits per heavy atom. The fourth-order valence-corrected chi connectivity index (χ4v) is 3.45. The van der Waals surface area contributed by atoms with Crippen molar-refractivity contribution in [2.45, 2.75) is 13.8 Å². The van der Waals surface area contributed by atoms with Crippen LogP contribution in [0.1, 0.15) is 18.1 Å². The molecule has 0 heterocycles. The summed E-state index contributed by atoms with van der Waals surface area (Å²) in [6, 6.07) is 17.5. The Kier molecular flexibility index (Phi) is 9.03. The van der Waals surface area contributed by atoms with E-state index in [2.05, 4.69) is 10.6 Å². The molecule has 184 valence electrons. The highest BCUT2D eigenvalue weighted by molar-refractivity contribution is 6.32. The van der Waals surface area contributed by atoms with Gasteiger partial charge in [0, 0.05) is 11.4 Å². The number of hydrogen-bond donors (Lipinski definition) is 2. The fraction of sp³-hybridized carbons (Fsp3) is 0.148. The van der Waals surface area contributed by atoms with E-state index in [1.807, 2.05) is 19.1 Å². The lowest BCUT2D eigenvalue weighted by atomic mass is 10.1. The first-order valence-electron chi connectivity index (χ1n) is 10.9. The van der Waals surface area contributed by atoms with Gasteiger partial charge in [-0.2, -0.15) is 5.26 Å². The fourth-order valence-electron chi connectivity index (χ4n) is 3.18. The van der Waals surface area contributed by atoms with Crippen molar-refractivity contribution < 1.29 is 23.5 Å². The minimum absolute atomic E-state index is 0.123. The zero-order valence-electron chi connectivity index (χ0n) is 19.6. The molecule has 0 atom stereocenters. The number of hydrogen-bond acceptors (Lipinski definition) is 5. The predicted octanol–water partition coefficient (Wildman–Crippen LogP) is 5.75. The van der Waals surface area contributed by atoms with E-state index < -0.39 is 17.6 Å². The lowest BCUT2D eigenvalue weighted by Gasteiger charge is -2.14. The van der Waals surface area contributed by atoms with Crippen LogP contribution in [0.25, 0.3) is 6.08 Å². The largest absolute Gasteiger partial charge is 0.490 e. The molecule has 9 heteroatoms. The molecule has 3 aromatic rings. The van der Waals surface area contributed by atoms with Gasteiger partial charge in [0.1, 0.15) is 17.5 Å². The van der Waals surface area contributed by atoms with Crippen LogP contribution < -0.4 is 20.1 Å². The van der Waals surface area contributed by atoms with Crippen molar-refractivity contribution in [3.8, 4) is 17.6 Å². The van der Waals surface area contributed by atoms with Crippen LogP contribution in [0.2, 0.25) is 5.02 Å². The normalized spacial score (nSPS) is 10.8. The number of rotatable bonds is 9. The maximum atomic E-state index is 13.0. The average Bonchev–Trinajstić information content (AvgIpc) is 2.83. The van der Waals surface area contributed by atoms with Crippen molar-refractivity contribution in [2.75, 3.05) is 23.8 Å². The maximum Gasteiger partial charge on any atom is 0.266 e. The number of aryl methyl sites for hydroxylation is 1. The van der Waals surface area contributed by atoms with Crippen LogP contribution in [0.3, 0.4) is 0 Å². The number of anilines is 2. The van der Waals surface area contributed by atoms with Crippen LogP contribution in [0.4, 0.5) is 15.8 Å². The van der Waals surface area contributed by atoms with Gasteiger partial charge in [-0.3, -0.25) is 9.59 Å². The quantitative estimate of drug-likeness (QED) is 0.284. The Morgan fingerprint density at radius 1 is 1.06 bits per heavy atom. The number of benzene rings is 3. The van der Waals surface area contributed by atoms with Gasteiger partial charge in [-0.15, -0.1) is 0 Å². The third-order valence-electron chi connectivity index (χ3n) is 4.76. The van der Waals surface area contributed by atoms with Crippen molar-refractivity contribution >= 4 is 40.9 Å². The second-order valence-corrected chi connectivity index (χ2v) is 8.01. The van der Waals surface area contributed by atoms with Crippen LogP contribution in [0.5, 0.6) is 11.5 Å². The first kappa shape index (κ1) is 26.3. The Bertz CT molecular complexity index is 1330. The number of nitrogens with one attached hydrogen (secondary N) is 2. The van der Waals surface area contributed by atoms with E-state index in [1.165, 1.54) is 36.4 Å². The summed E-state index contributed by atoms with van der Waals surface area (Å²) in [4.78, 5) is 24.9. The molecule has 7 nitrogen and oxygen atoms in total. The molecular formula is C27H23ClFN3O4. The average molecular weight is 508 g/mol. The summed E-state index contributed by atoms with van der Waals surface area (Å²) in [5.41, 5.74) is 2.24. The minimum Gasteiger partial charge on any atom is -0.490 e. The van der Waals surface area contributed by atoms with Gasteiger partial charge in [-0.05, 0) is 79.6 Å². The number of halogens is 2. The molecular weight excluding hydrogens is 485 g/mol. The number of amides is 2. The van der Waals surface area contributed by atoms with Crippen LogP contribution in [-0.2, 0) is 9.59 Å². The summed E-state index contributed by atoms with van der Waals surface area (Å²) in [5.74, 6) is -1.10. The highest BCUT2D eigenvalue weighted by Crippen LogP contribution is 2.37. The zero-order chi connectivity index (χ0) is 26.1. The molecule has 0 saturated carbocycles. The van der Waals surface area contributed by atoms with Crippen molar-refractivity contribution in [1.29, 1.82) is 5.26 Å². The van der Waals surface area contributed by atoms with Gasteiger partial charge in [0.2, 0.25) is 0 Å². The summed E-state index contributed by atoms with van der Waals surface area (Å²) in [6.07, 6.45) is 1.38. The highest BCUT2D eigenvalue weighted by atomic mass is 35.5. The number of nitrogens with zero attached hydrogens (tertiary/aromatic N) is 1. The standard InChI is InChI=1S/C27H23ClFN3O4/c1-3-35-24-14-18(12-19(15-30)27(34)32-22-6-4-5-17(2)11-22)13-23(28)26(24)36-16-25(33)31-21-9-7-20(29)8-10-21/h4-14H,3,16H2,1-2H3,(H,31,33)(H,32,34)/b19-12+. The van der Waals surface area contributed by atoms with E-state index in [1.54, 1.807) is 31.2 Å². The molecule has 0 unspecified atom stereocenters. The highest BCUT2D eigenvalue weighted by Gasteiger charge is 2.16. The van der Waals surface area contributed by atoms with Crippen LogP contribution in [0, 0.1) is 24.1 Å². The van der Waals surface area contributed by atoms with Gasteiger partial charge in [0.25, 0.3) is 11.8 Å². The molecule has 0 aliphatic carbocycles.